The van der Waals surface area contributed by atoms with Crippen molar-refractivity contribution in [2.75, 3.05) is 7.11 Å². The number of carbonyl (C=O) groups is 1. The number of carbonyl (C=O) groups excluding carboxylic acids is 1. The molecule has 0 unspecified atom stereocenters. The van der Waals surface area contributed by atoms with Crippen molar-refractivity contribution in [1.82, 2.24) is 9.78 Å². The number of aryl methyl sites for hydroxylation is 1. The minimum Gasteiger partial charge on any atom is -0.465 e. The van der Waals surface area contributed by atoms with E-state index in [1.807, 2.05) is 53.4 Å². The number of rotatable bonds is 3. The van der Waals surface area contributed by atoms with E-state index >= 15 is 0 Å². The van der Waals surface area contributed by atoms with Gasteiger partial charge in [0.15, 0.2) is 0 Å². The highest BCUT2D eigenvalue weighted by Crippen LogP contribution is 2.33. The second-order valence-corrected chi connectivity index (χ2v) is 5.46. The molecular formula is C16H14N2O2S. The van der Waals surface area contributed by atoms with Gasteiger partial charge in [-0.15, -0.1) is 11.3 Å². The van der Waals surface area contributed by atoms with Crippen LogP contribution in [0.4, 0.5) is 0 Å². The Hall–Kier alpha value is -2.40. The molecule has 0 aliphatic rings. The third-order valence-corrected chi connectivity index (χ3v) is 4.32. The van der Waals surface area contributed by atoms with Crippen molar-refractivity contribution in [3.05, 3.63) is 58.4 Å². The van der Waals surface area contributed by atoms with Crippen LogP contribution < -0.4 is 0 Å². The largest absolute Gasteiger partial charge is 0.465 e. The molecule has 0 radical (unpaired) electrons. The molecule has 1 aromatic carbocycles. The van der Waals surface area contributed by atoms with Crippen molar-refractivity contribution < 1.29 is 9.53 Å². The van der Waals surface area contributed by atoms with E-state index in [4.69, 9.17) is 4.74 Å². The maximum absolute atomic E-state index is 11.9. The van der Waals surface area contributed by atoms with Gasteiger partial charge in [0.25, 0.3) is 0 Å². The molecule has 3 rings (SSSR count). The Morgan fingerprint density at radius 1 is 1.24 bits per heavy atom. The van der Waals surface area contributed by atoms with Gasteiger partial charge in [-0.05, 0) is 36.1 Å². The normalized spacial score (nSPS) is 10.6. The molecule has 2 heterocycles. The van der Waals surface area contributed by atoms with Gasteiger partial charge in [0, 0.05) is 5.56 Å². The van der Waals surface area contributed by atoms with Gasteiger partial charge in [-0.3, -0.25) is 0 Å². The highest BCUT2D eigenvalue weighted by atomic mass is 32.1. The summed E-state index contributed by atoms with van der Waals surface area (Å²) in [4.78, 5) is 12.6. The zero-order valence-corrected chi connectivity index (χ0v) is 12.6. The van der Waals surface area contributed by atoms with E-state index in [0.717, 1.165) is 22.5 Å². The summed E-state index contributed by atoms with van der Waals surface area (Å²) in [6.45, 7) is 1.99. The summed E-state index contributed by atoms with van der Waals surface area (Å²) in [6, 6.07) is 11.8. The van der Waals surface area contributed by atoms with Crippen molar-refractivity contribution in [2.24, 2.45) is 0 Å². The van der Waals surface area contributed by atoms with Crippen LogP contribution in [0.25, 0.3) is 16.9 Å². The van der Waals surface area contributed by atoms with E-state index in [-0.39, 0.29) is 5.97 Å². The predicted octanol–water partition coefficient (Wildman–Crippen LogP) is 3.70. The quantitative estimate of drug-likeness (QED) is 0.693. The third-order valence-electron chi connectivity index (χ3n) is 3.25. The smallest absolute Gasteiger partial charge is 0.348 e. The zero-order chi connectivity index (χ0) is 14.8. The molecule has 0 bridgehead atoms. The number of thiophene rings is 1. The zero-order valence-electron chi connectivity index (χ0n) is 11.7. The van der Waals surface area contributed by atoms with Crippen LogP contribution in [0.3, 0.4) is 0 Å². The van der Waals surface area contributed by atoms with Gasteiger partial charge in [-0.25, -0.2) is 9.48 Å². The van der Waals surface area contributed by atoms with Crippen LogP contribution in [0.1, 0.15) is 15.2 Å². The Morgan fingerprint density at radius 3 is 2.71 bits per heavy atom. The fourth-order valence-corrected chi connectivity index (χ4v) is 3.25. The van der Waals surface area contributed by atoms with E-state index < -0.39 is 0 Å². The van der Waals surface area contributed by atoms with Gasteiger partial charge < -0.3 is 4.74 Å². The number of nitrogens with zero attached hydrogens (tertiary/aromatic N) is 2. The average Bonchev–Trinajstić information content (AvgIpc) is 3.13. The molecule has 0 saturated heterocycles. The Kier molecular flexibility index (Phi) is 3.58. The molecule has 0 aliphatic heterocycles. The lowest BCUT2D eigenvalue weighted by Crippen LogP contribution is -2.04. The van der Waals surface area contributed by atoms with Crippen LogP contribution in [0.15, 0.2) is 48.0 Å². The average molecular weight is 298 g/mol. The highest BCUT2D eigenvalue weighted by Gasteiger charge is 2.21. The molecule has 0 spiro atoms. The second-order valence-electron chi connectivity index (χ2n) is 4.58. The fourth-order valence-electron chi connectivity index (χ4n) is 2.27. The molecule has 0 aliphatic carbocycles. The van der Waals surface area contributed by atoms with E-state index in [9.17, 15) is 4.79 Å². The first-order chi connectivity index (χ1) is 10.2. The molecule has 0 saturated carbocycles. The summed E-state index contributed by atoms with van der Waals surface area (Å²) in [5.41, 5.74) is 3.77. The Morgan fingerprint density at radius 2 is 2.00 bits per heavy atom. The number of hydrogen-bond donors (Lipinski definition) is 0. The summed E-state index contributed by atoms with van der Waals surface area (Å²) in [7, 11) is 1.40. The molecular weight excluding hydrogens is 284 g/mol. The minimum atomic E-state index is -0.316. The molecule has 21 heavy (non-hydrogen) atoms. The Bertz CT molecular complexity index is 775. The van der Waals surface area contributed by atoms with E-state index in [0.29, 0.717) is 4.88 Å². The van der Waals surface area contributed by atoms with Crippen molar-refractivity contribution in [3.63, 3.8) is 0 Å². The molecule has 106 valence electrons. The topological polar surface area (TPSA) is 44.1 Å². The van der Waals surface area contributed by atoms with Crippen LogP contribution in [-0.4, -0.2) is 22.9 Å². The van der Waals surface area contributed by atoms with E-state index in [1.54, 1.807) is 6.20 Å². The number of para-hydroxylation sites is 1. The summed E-state index contributed by atoms with van der Waals surface area (Å²) < 4.78 is 6.71. The third kappa shape index (κ3) is 2.36. The van der Waals surface area contributed by atoms with Crippen molar-refractivity contribution in [1.29, 1.82) is 0 Å². The number of hydrogen-bond acceptors (Lipinski definition) is 4. The lowest BCUT2D eigenvalue weighted by molar-refractivity contribution is 0.0607. The number of aromatic nitrogens is 2. The maximum atomic E-state index is 11.9. The van der Waals surface area contributed by atoms with Crippen LogP contribution in [0.2, 0.25) is 0 Å². The lowest BCUT2D eigenvalue weighted by Gasteiger charge is -2.09. The second kappa shape index (κ2) is 5.54. The van der Waals surface area contributed by atoms with Crippen molar-refractivity contribution >= 4 is 17.3 Å². The van der Waals surface area contributed by atoms with Crippen molar-refractivity contribution in [3.8, 4) is 16.9 Å². The number of esters is 1. The number of benzene rings is 1. The van der Waals surface area contributed by atoms with Gasteiger partial charge in [0.2, 0.25) is 0 Å². The SMILES string of the molecule is COC(=O)c1scc(C)c1-c1ccnn1-c1ccccc1. The molecule has 3 aromatic rings. The summed E-state index contributed by atoms with van der Waals surface area (Å²) in [6.07, 6.45) is 1.74. The first kappa shape index (κ1) is 13.6. The molecule has 0 fully saturated rings. The highest BCUT2D eigenvalue weighted by molar-refractivity contribution is 7.12. The summed E-state index contributed by atoms with van der Waals surface area (Å²) in [5.74, 6) is -0.316. The number of methoxy groups -OCH3 is 1. The first-order valence-electron chi connectivity index (χ1n) is 6.48. The maximum Gasteiger partial charge on any atom is 0.348 e. The van der Waals surface area contributed by atoms with Gasteiger partial charge in [-0.1, -0.05) is 18.2 Å². The monoisotopic (exact) mass is 298 g/mol. The van der Waals surface area contributed by atoms with Crippen LogP contribution in [0.5, 0.6) is 0 Å². The van der Waals surface area contributed by atoms with Crippen molar-refractivity contribution in [2.45, 2.75) is 6.92 Å². The van der Waals surface area contributed by atoms with E-state index in [2.05, 4.69) is 5.10 Å². The predicted molar refractivity (Wildman–Crippen MR) is 83.0 cm³/mol. The van der Waals surface area contributed by atoms with E-state index in [1.165, 1.54) is 18.4 Å². The van der Waals surface area contributed by atoms with Gasteiger partial charge in [0.05, 0.1) is 24.7 Å². The van der Waals surface area contributed by atoms with Gasteiger partial charge >= 0.3 is 5.97 Å². The molecule has 5 heteroatoms. The lowest BCUT2D eigenvalue weighted by atomic mass is 10.1. The van der Waals surface area contributed by atoms with Gasteiger partial charge in [0.1, 0.15) is 4.88 Å². The molecule has 4 nitrogen and oxygen atoms in total. The molecule has 2 aromatic heterocycles. The van der Waals surface area contributed by atoms with Crippen LogP contribution >= 0.6 is 11.3 Å². The van der Waals surface area contributed by atoms with Crippen LogP contribution in [0, 0.1) is 6.92 Å². The number of ether oxygens (including phenoxy) is 1. The summed E-state index contributed by atoms with van der Waals surface area (Å²) >= 11 is 1.40. The van der Waals surface area contributed by atoms with Gasteiger partial charge in [-0.2, -0.15) is 5.10 Å². The first-order valence-corrected chi connectivity index (χ1v) is 7.36. The van der Waals surface area contributed by atoms with Crippen LogP contribution in [-0.2, 0) is 4.74 Å². The minimum absolute atomic E-state index is 0.316. The molecule has 0 atom stereocenters. The Balaban J connectivity index is 2.18. The summed E-state index contributed by atoms with van der Waals surface area (Å²) in [5, 5.41) is 6.34. The Labute approximate surface area is 126 Å². The molecule has 0 N–H and O–H groups in total. The molecule has 0 amide bonds. The fraction of sp³-hybridized carbons (Fsp3) is 0.125. The standard InChI is InChI=1S/C16H14N2O2S/c1-11-10-21-15(16(19)20-2)14(11)13-8-9-17-18(13)12-6-4-3-5-7-12/h3-10H,1-2H3.